The molecule has 0 aliphatic heterocycles. The zero-order valence-electron chi connectivity index (χ0n) is 12.6. The largest absolute Gasteiger partial charge is 0.465 e. The van der Waals surface area contributed by atoms with Gasteiger partial charge in [0.1, 0.15) is 5.82 Å². The number of hydrogen-bond acceptors (Lipinski definition) is 4. The highest BCUT2D eigenvalue weighted by Crippen LogP contribution is 2.07. The molecule has 0 radical (unpaired) electrons. The number of nitrogens with zero attached hydrogens (tertiary/aromatic N) is 2. The minimum atomic E-state index is -0.212. The lowest BCUT2D eigenvalue weighted by Crippen LogP contribution is -2.25. The first-order chi connectivity index (χ1) is 10.0. The lowest BCUT2D eigenvalue weighted by atomic mass is 10.2. The first-order valence-corrected chi connectivity index (χ1v) is 7.13. The van der Waals surface area contributed by atoms with Crippen molar-refractivity contribution in [3.05, 3.63) is 40.4 Å². The summed E-state index contributed by atoms with van der Waals surface area (Å²) in [6.45, 7) is 6.21. The van der Waals surface area contributed by atoms with E-state index in [1.54, 1.807) is 24.5 Å². The molecule has 5 heteroatoms. The molecular formula is C16H20N2O3. The number of aromatic nitrogens is 2. The highest BCUT2D eigenvalue weighted by Gasteiger charge is 2.09. The normalized spacial score (nSPS) is 11.0. The second-order valence-electron chi connectivity index (χ2n) is 5.31. The molecule has 5 nitrogen and oxygen atoms in total. The van der Waals surface area contributed by atoms with Crippen LogP contribution in [0.4, 0.5) is 0 Å². The summed E-state index contributed by atoms with van der Waals surface area (Å²) in [6.07, 6.45) is 0.596. The molecule has 2 aromatic rings. The highest BCUT2D eigenvalue weighted by atomic mass is 16.5. The van der Waals surface area contributed by atoms with Crippen LogP contribution in [-0.4, -0.2) is 22.1 Å². The van der Waals surface area contributed by atoms with Crippen molar-refractivity contribution in [3.63, 3.8) is 0 Å². The third-order valence-corrected chi connectivity index (χ3v) is 3.29. The number of aryl methyl sites for hydroxylation is 1. The lowest BCUT2D eigenvalue weighted by Gasteiger charge is -2.11. The monoisotopic (exact) mass is 288 g/mol. The van der Waals surface area contributed by atoms with Crippen LogP contribution in [0.1, 0.15) is 26.1 Å². The molecule has 112 valence electrons. The van der Waals surface area contributed by atoms with Gasteiger partial charge < -0.3 is 4.74 Å². The van der Waals surface area contributed by atoms with Gasteiger partial charge >= 0.3 is 5.97 Å². The van der Waals surface area contributed by atoms with Gasteiger partial charge in [-0.2, -0.15) is 0 Å². The molecule has 0 fully saturated rings. The number of benzene rings is 1. The summed E-state index contributed by atoms with van der Waals surface area (Å²) in [5.41, 5.74) is 0.663. The molecular weight excluding hydrogens is 268 g/mol. The van der Waals surface area contributed by atoms with E-state index in [4.69, 9.17) is 4.74 Å². The maximum absolute atomic E-state index is 12.4. The van der Waals surface area contributed by atoms with Gasteiger partial charge in [0.2, 0.25) is 0 Å². The van der Waals surface area contributed by atoms with Crippen molar-refractivity contribution >= 4 is 16.9 Å². The molecule has 0 aliphatic rings. The van der Waals surface area contributed by atoms with Gasteiger partial charge in [-0.25, -0.2) is 4.98 Å². The number of carbonyl (C=O) groups is 1. The second kappa shape index (κ2) is 6.52. The topological polar surface area (TPSA) is 61.2 Å². The van der Waals surface area contributed by atoms with E-state index in [-0.39, 0.29) is 17.4 Å². The van der Waals surface area contributed by atoms with Crippen molar-refractivity contribution in [1.82, 2.24) is 9.55 Å². The Labute approximate surface area is 123 Å². The Hall–Kier alpha value is -2.17. The fourth-order valence-corrected chi connectivity index (χ4v) is 2.10. The number of esters is 1. The molecule has 0 unspecified atom stereocenters. The minimum Gasteiger partial charge on any atom is -0.465 e. The van der Waals surface area contributed by atoms with Crippen molar-refractivity contribution in [2.45, 2.75) is 33.7 Å². The van der Waals surface area contributed by atoms with Crippen molar-refractivity contribution in [1.29, 1.82) is 0 Å². The van der Waals surface area contributed by atoms with Crippen LogP contribution in [0.5, 0.6) is 0 Å². The van der Waals surface area contributed by atoms with Crippen LogP contribution < -0.4 is 5.56 Å². The Morgan fingerprint density at radius 3 is 2.76 bits per heavy atom. The number of hydrogen-bond donors (Lipinski definition) is 0. The fraction of sp³-hybridized carbons (Fsp3) is 0.438. The molecule has 0 aliphatic carbocycles. The maximum atomic E-state index is 12.4. The van der Waals surface area contributed by atoms with Crippen molar-refractivity contribution in [2.75, 3.05) is 6.61 Å². The summed E-state index contributed by atoms with van der Waals surface area (Å²) >= 11 is 0. The van der Waals surface area contributed by atoms with Gasteiger partial charge in [0.15, 0.2) is 0 Å². The van der Waals surface area contributed by atoms with Crippen LogP contribution in [0.15, 0.2) is 29.1 Å². The number of carbonyl (C=O) groups excluding carboxylic acids is 1. The predicted molar refractivity (Wildman–Crippen MR) is 81.2 cm³/mol. The highest BCUT2D eigenvalue weighted by molar-refractivity contribution is 5.77. The van der Waals surface area contributed by atoms with Crippen LogP contribution >= 0.6 is 0 Å². The van der Waals surface area contributed by atoms with Crippen LogP contribution in [0.25, 0.3) is 10.9 Å². The number of para-hydroxylation sites is 1. The van der Waals surface area contributed by atoms with Crippen molar-refractivity contribution in [3.8, 4) is 0 Å². The molecule has 0 spiro atoms. The zero-order chi connectivity index (χ0) is 15.4. The summed E-state index contributed by atoms with van der Waals surface area (Å²) in [6, 6.07) is 7.30. The van der Waals surface area contributed by atoms with Crippen LogP contribution in [0.2, 0.25) is 0 Å². The van der Waals surface area contributed by atoms with Gasteiger partial charge in [-0.1, -0.05) is 26.0 Å². The van der Waals surface area contributed by atoms with Gasteiger partial charge in [0.25, 0.3) is 5.56 Å². The summed E-state index contributed by atoms with van der Waals surface area (Å²) < 4.78 is 6.75. The summed E-state index contributed by atoms with van der Waals surface area (Å²) in [7, 11) is 0. The molecule has 21 heavy (non-hydrogen) atoms. The smallest absolute Gasteiger partial charge is 0.308 e. The summed E-state index contributed by atoms with van der Waals surface area (Å²) in [5, 5.41) is 0.613. The average molecular weight is 288 g/mol. The van der Waals surface area contributed by atoms with Crippen LogP contribution in [0, 0.1) is 12.8 Å². The van der Waals surface area contributed by atoms with Crippen LogP contribution in [-0.2, 0) is 16.1 Å². The minimum absolute atomic E-state index is 0.0479. The molecule has 1 heterocycles. The Balaban J connectivity index is 2.09. The fourth-order valence-electron chi connectivity index (χ4n) is 2.10. The van der Waals surface area contributed by atoms with E-state index in [2.05, 4.69) is 4.98 Å². The van der Waals surface area contributed by atoms with E-state index >= 15 is 0 Å². The van der Waals surface area contributed by atoms with E-state index in [1.165, 1.54) is 0 Å². The van der Waals surface area contributed by atoms with Gasteiger partial charge in [0.05, 0.1) is 23.4 Å². The Bertz CT molecular complexity index is 704. The van der Waals surface area contributed by atoms with Gasteiger partial charge in [-0.15, -0.1) is 0 Å². The van der Waals surface area contributed by atoms with E-state index < -0.39 is 0 Å². The molecule has 0 atom stereocenters. The molecule has 0 bridgehead atoms. The summed E-state index contributed by atoms with van der Waals surface area (Å²) in [4.78, 5) is 28.2. The van der Waals surface area contributed by atoms with E-state index in [0.29, 0.717) is 36.3 Å². The summed E-state index contributed by atoms with van der Waals surface area (Å²) in [5.74, 6) is 0.335. The molecule has 1 aromatic heterocycles. The standard InChI is InChI=1S/C16H20N2O3/c1-11(2)16(20)21-10-6-9-18-12(3)17-14-8-5-4-7-13(14)15(18)19/h4-5,7-8,11H,6,9-10H2,1-3H3. The first kappa shape index (κ1) is 15.2. The molecule has 2 rings (SSSR count). The van der Waals surface area contributed by atoms with E-state index in [0.717, 1.165) is 0 Å². The van der Waals surface area contributed by atoms with Crippen LogP contribution in [0.3, 0.4) is 0 Å². The Morgan fingerprint density at radius 1 is 1.33 bits per heavy atom. The first-order valence-electron chi connectivity index (χ1n) is 7.13. The third kappa shape index (κ3) is 3.48. The predicted octanol–water partition coefficient (Wildman–Crippen LogP) is 2.29. The number of fused-ring (bicyclic) bond motifs is 1. The van der Waals surface area contributed by atoms with Gasteiger partial charge in [-0.05, 0) is 25.5 Å². The third-order valence-electron chi connectivity index (χ3n) is 3.29. The van der Waals surface area contributed by atoms with Gasteiger partial charge in [0, 0.05) is 6.54 Å². The number of ether oxygens (including phenoxy) is 1. The van der Waals surface area contributed by atoms with E-state index in [9.17, 15) is 9.59 Å². The molecule has 0 N–H and O–H groups in total. The Morgan fingerprint density at radius 2 is 2.05 bits per heavy atom. The molecule has 0 saturated heterocycles. The van der Waals surface area contributed by atoms with Crippen molar-refractivity contribution in [2.24, 2.45) is 5.92 Å². The SMILES string of the molecule is Cc1nc2ccccc2c(=O)n1CCCOC(=O)C(C)C. The molecule has 0 saturated carbocycles. The Kier molecular flexibility index (Phi) is 4.73. The van der Waals surface area contributed by atoms with Gasteiger partial charge in [-0.3, -0.25) is 14.2 Å². The molecule has 1 aromatic carbocycles. The zero-order valence-corrected chi connectivity index (χ0v) is 12.6. The quantitative estimate of drug-likeness (QED) is 0.625. The second-order valence-corrected chi connectivity index (χ2v) is 5.31. The molecule has 0 amide bonds. The number of rotatable bonds is 5. The maximum Gasteiger partial charge on any atom is 0.308 e. The average Bonchev–Trinajstić information content (AvgIpc) is 2.45. The van der Waals surface area contributed by atoms with Crippen molar-refractivity contribution < 1.29 is 9.53 Å². The van der Waals surface area contributed by atoms with E-state index in [1.807, 2.05) is 25.1 Å². The lowest BCUT2D eigenvalue weighted by molar-refractivity contribution is -0.147.